The summed E-state index contributed by atoms with van der Waals surface area (Å²) in [7, 11) is 0. The van der Waals surface area contributed by atoms with Crippen LogP contribution in [0, 0.1) is 5.41 Å². The first-order chi connectivity index (χ1) is 18.4. The number of hydrogen-bond donors (Lipinski definition) is 4. The molecule has 1 aromatic rings. The highest BCUT2D eigenvalue weighted by Gasteiger charge is 2.41. The Hall–Kier alpha value is -3.48. The summed E-state index contributed by atoms with van der Waals surface area (Å²) < 4.78 is 31.7. The van der Waals surface area contributed by atoms with Crippen LogP contribution in [-0.4, -0.2) is 71.0 Å². The highest BCUT2D eigenvalue weighted by Crippen LogP contribution is 2.43. The van der Waals surface area contributed by atoms with Gasteiger partial charge in [-0.3, -0.25) is 24.5 Å². The predicted molar refractivity (Wildman–Crippen MR) is 130 cm³/mol. The number of carbonyl (C=O) groups excluding carboxylic acids is 4. The van der Waals surface area contributed by atoms with Crippen LogP contribution in [0.3, 0.4) is 0 Å². The zero-order valence-corrected chi connectivity index (χ0v) is 21.2. The highest BCUT2D eigenvalue weighted by atomic mass is 19.4. The van der Waals surface area contributed by atoms with Gasteiger partial charge in [-0.05, 0) is 81.1 Å². The summed E-state index contributed by atoms with van der Waals surface area (Å²) in [5.74, 6) is -3.91. The van der Waals surface area contributed by atoms with Crippen LogP contribution in [0.1, 0.15) is 77.6 Å². The molecule has 3 heterocycles. The van der Waals surface area contributed by atoms with Crippen molar-refractivity contribution in [2.75, 3.05) is 13.1 Å². The van der Waals surface area contributed by atoms with E-state index < -0.39 is 24.1 Å². The molecule has 3 aliphatic heterocycles. The standard InChI is InChI=1S/C24H30N4O4.C2HF3O2/c29-20-5-4-19(22(31)27-20)28-14-18-16(2-1-3-17(18)23(28)32)21(30)26-15-6-8-24(9-7-15)10-12-25-13-11-24;3-2(4,5)1(6)7/h1-3,15,19,25H,4-14H2,(H,26,30)(H,27,29,31);(H,6,7). The molecular formula is C26H31F3N4O6. The van der Waals surface area contributed by atoms with Gasteiger partial charge in [0.15, 0.2) is 0 Å². The quantitative estimate of drug-likeness (QED) is 0.421. The highest BCUT2D eigenvalue weighted by molar-refractivity contribution is 6.07. The van der Waals surface area contributed by atoms with E-state index in [9.17, 15) is 32.3 Å². The summed E-state index contributed by atoms with van der Waals surface area (Å²) in [5, 5.41) is 16.1. The Balaban J connectivity index is 0.000000448. The summed E-state index contributed by atoms with van der Waals surface area (Å²) in [6.07, 6.45) is 2.15. The van der Waals surface area contributed by atoms with E-state index in [1.807, 2.05) is 0 Å². The van der Waals surface area contributed by atoms with Crippen molar-refractivity contribution in [3.8, 4) is 0 Å². The molecule has 1 aliphatic carbocycles. The first-order valence-electron chi connectivity index (χ1n) is 13.0. The number of rotatable bonds is 3. The largest absolute Gasteiger partial charge is 0.490 e. The lowest BCUT2D eigenvalue weighted by atomic mass is 9.67. The number of carboxylic acids is 1. The van der Waals surface area contributed by atoms with Gasteiger partial charge in [0.2, 0.25) is 11.8 Å². The zero-order chi connectivity index (χ0) is 28.4. The van der Waals surface area contributed by atoms with Crippen molar-refractivity contribution in [1.82, 2.24) is 20.9 Å². The van der Waals surface area contributed by atoms with Crippen LogP contribution in [0.5, 0.6) is 0 Å². The van der Waals surface area contributed by atoms with Crippen LogP contribution in [0.4, 0.5) is 13.2 Å². The number of halogens is 3. The molecule has 0 radical (unpaired) electrons. The van der Waals surface area contributed by atoms with Crippen LogP contribution in [-0.2, 0) is 20.9 Å². The maximum atomic E-state index is 13.2. The third-order valence-corrected chi connectivity index (χ3v) is 8.11. The van der Waals surface area contributed by atoms with Gasteiger partial charge in [-0.25, -0.2) is 4.79 Å². The summed E-state index contributed by atoms with van der Waals surface area (Å²) in [6, 6.07) is 4.67. The van der Waals surface area contributed by atoms with E-state index in [4.69, 9.17) is 9.90 Å². The molecule has 4 N–H and O–H groups in total. The van der Waals surface area contributed by atoms with Crippen LogP contribution in [0.25, 0.3) is 0 Å². The molecule has 2 saturated heterocycles. The average molecular weight is 553 g/mol. The maximum absolute atomic E-state index is 13.2. The van der Waals surface area contributed by atoms with E-state index in [1.54, 1.807) is 18.2 Å². The molecule has 1 spiro atoms. The number of benzene rings is 1. The van der Waals surface area contributed by atoms with Crippen molar-refractivity contribution in [2.24, 2.45) is 5.41 Å². The Bertz CT molecular complexity index is 1150. The number of fused-ring (bicyclic) bond motifs is 1. The molecule has 0 aromatic heterocycles. The molecule has 4 amide bonds. The summed E-state index contributed by atoms with van der Waals surface area (Å²) in [5.41, 5.74) is 2.09. The number of nitrogens with zero attached hydrogens (tertiary/aromatic N) is 1. The summed E-state index contributed by atoms with van der Waals surface area (Å²) in [4.78, 5) is 60.3. The van der Waals surface area contributed by atoms with Crippen LogP contribution in [0.15, 0.2) is 18.2 Å². The Morgan fingerprint density at radius 3 is 2.26 bits per heavy atom. The molecule has 3 fully saturated rings. The Morgan fingerprint density at radius 1 is 1.03 bits per heavy atom. The number of nitrogens with one attached hydrogen (secondary N) is 3. The summed E-state index contributed by atoms with van der Waals surface area (Å²) in [6.45, 7) is 2.39. The van der Waals surface area contributed by atoms with Gasteiger partial charge in [-0.15, -0.1) is 0 Å². The molecule has 4 aliphatic rings. The lowest BCUT2D eigenvalue weighted by Gasteiger charge is -2.43. The Kier molecular flexibility index (Phi) is 8.28. The van der Waals surface area contributed by atoms with E-state index in [0.29, 0.717) is 28.5 Å². The number of aliphatic carboxylic acids is 1. The fraction of sp³-hybridized carbons (Fsp3) is 0.577. The zero-order valence-electron chi connectivity index (χ0n) is 21.2. The van der Waals surface area contributed by atoms with Crippen molar-refractivity contribution in [3.05, 3.63) is 34.9 Å². The first kappa shape index (κ1) is 28.5. The first-order valence-corrected chi connectivity index (χ1v) is 13.0. The molecule has 1 atom stereocenters. The Morgan fingerprint density at radius 2 is 1.67 bits per heavy atom. The van der Waals surface area contributed by atoms with Gasteiger partial charge in [-0.2, -0.15) is 13.2 Å². The number of carboxylic acid groups (broad SMARTS) is 1. The van der Waals surface area contributed by atoms with Gasteiger partial charge in [0.25, 0.3) is 11.8 Å². The molecule has 39 heavy (non-hydrogen) atoms. The minimum absolute atomic E-state index is 0.147. The minimum atomic E-state index is -5.08. The van der Waals surface area contributed by atoms with Crippen molar-refractivity contribution in [1.29, 1.82) is 0 Å². The van der Waals surface area contributed by atoms with Gasteiger partial charge < -0.3 is 20.6 Å². The van der Waals surface area contributed by atoms with Crippen molar-refractivity contribution in [2.45, 2.75) is 76.2 Å². The van der Waals surface area contributed by atoms with E-state index in [-0.39, 0.29) is 36.7 Å². The smallest absolute Gasteiger partial charge is 0.475 e. The predicted octanol–water partition coefficient (Wildman–Crippen LogP) is 2.12. The van der Waals surface area contributed by atoms with Gasteiger partial charge in [-0.1, -0.05) is 6.07 Å². The molecule has 1 saturated carbocycles. The topological polar surface area (TPSA) is 145 Å². The molecule has 0 bridgehead atoms. The molecule has 10 nitrogen and oxygen atoms in total. The second-order valence-electron chi connectivity index (χ2n) is 10.5. The van der Waals surface area contributed by atoms with Gasteiger partial charge >= 0.3 is 12.1 Å². The van der Waals surface area contributed by atoms with Gasteiger partial charge in [0.05, 0.1) is 0 Å². The Labute approximate surface area is 222 Å². The van der Waals surface area contributed by atoms with E-state index in [1.165, 1.54) is 17.7 Å². The third-order valence-electron chi connectivity index (χ3n) is 8.11. The van der Waals surface area contributed by atoms with Crippen molar-refractivity contribution >= 4 is 29.6 Å². The van der Waals surface area contributed by atoms with E-state index in [0.717, 1.165) is 38.8 Å². The van der Waals surface area contributed by atoms with E-state index in [2.05, 4.69) is 16.0 Å². The monoisotopic (exact) mass is 552 g/mol. The number of piperidine rings is 2. The van der Waals surface area contributed by atoms with Crippen LogP contribution >= 0.6 is 0 Å². The molecule has 1 unspecified atom stereocenters. The number of carbonyl (C=O) groups is 5. The number of hydrogen-bond acceptors (Lipinski definition) is 6. The minimum Gasteiger partial charge on any atom is -0.475 e. The normalized spacial score (nSPS) is 23.0. The molecule has 13 heteroatoms. The molecule has 5 rings (SSSR count). The number of amides is 4. The SMILES string of the molecule is O=C(O)C(F)(F)F.O=C1CCC(N2Cc3c(C(=O)NC4CCC5(CCNCC5)CC4)cccc3C2=O)C(=O)N1. The average Bonchev–Trinajstić information content (AvgIpc) is 3.22. The van der Waals surface area contributed by atoms with Crippen LogP contribution < -0.4 is 16.0 Å². The maximum Gasteiger partial charge on any atom is 0.490 e. The van der Waals surface area contributed by atoms with Crippen molar-refractivity contribution in [3.63, 3.8) is 0 Å². The van der Waals surface area contributed by atoms with Crippen molar-refractivity contribution < 1.29 is 42.3 Å². The lowest BCUT2D eigenvalue weighted by Crippen LogP contribution is -2.52. The second-order valence-corrected chi connectivity index (χ2v) is 10.5. The lowest BCUT2D eigenvalue weighted by molar-refractivity contribution is -0.192. The second kappa shape index (κ2) is 11.3. The van der Waals surface area contributed by atoms with Crippen LogP contribution in [0.2, 0.25) is 0 Å². The third kappa shape index (κ3) is 6.40. The van der Waals surface area contributed by atoms with E-state index >= 15 is 0 Å². The van der Waals surface area contributed by atoms with Gasteiger partial charge in [0, 0.05) is 30.1 Å². The fourth-order valence-electron chi connectivity index (χ4n) is 5.89. The molecule has 1 aromatic carbocycles. The molecule has 212 valence electrons. The molecular weight excluding hydrogens is 521 g/mol. The number of imide groups is 1. The van der Waals surface area contributed by atoms with Gasteiger partial charge in [0.1, 0.15) is 6.04 Å². The number of alkyl halides is 3. The fourth-order valence-corrected chi connectivity index (χ4v) is 5.89. The summed E-state index contributed by atoms with van der Waals surface area (Å²) >= 11 is 0.